The predicted molar refractivity (Wildman–Crippen MR) is 68.5 cm³/mol. The zero-order valence-electron chi connectivity index (χ0n) is 11.0. The van der Waals surface area contributed by atoms with Crippen molar-refractivity contribution < 1.29 is 4.79 Å². The molecule has 1 amide bonds. The molecular weight excluding hydrogens is 214 g/mol. The van der Waals surface area contributed by atoms with Gasteiger partial charge in [0.05, 0.1) is 0 Å². The summed E-state index contributed by atoms with van der Waals surface area (Å²) in [7, 11) is 0. The zero-order chi connectivity index (χ0) is 12.4. The molecule has 1 heterocycles. The number of carbonyl (C=O) groups excluding carboxylic acids is 1. The number of amides is 1. The molecular formula is C13H25N3O. The summed E-state index contributed by atoms with van der Waals surface area (Å²) >= 11 is 0. The topological polar surface area (TPSA) is 58.4 Å². The molecule has 0 aromatic rings. The number of nitrogens with zero attached hydrogens (tertiary/aromatic N) is 1. The lowest BCUT2D eigenvalue weighted by atomic mass is 9.93. The summed E-state index contributed by atoms with van der Waals surface area (Å²) in [6, 6.07) is 0.727. The van der Waals surface area contributed by atoms with E-state index < -0.39 is 0 Å². The second-order valence-electron chi connectivity index (χ2n) is 5.68. The fraction of sp³-hybridized carbons (Fsp3) is 0.923. The molecule has 1 saturated carbocycles. The van der Waals surface area contributed by atoms with Crippen molar-refractivity contribution in [1.29, 1.82) is 0 Å². The van der Waals surface area contributed by atoms with Gasteiger partial charge in [-0.05, 0) is 39.2 Å². The molecule has 2 unspecified atom stereocenters. The molecule has 4 heteroatoms. The minimum absolute atomic E-state index is 0.188. The van der Waals surface area contributed by atoms with Gasteiger partial charge >= 0.3 is 0 Å². The van der Waals surface area contributed by atoms with Gasteiger partial charge in [-0.25, -0.2) is 0 Å². The van der Waals surface area contributed by atoms with Crippen molar-refractivity contribution >= 4 is 5.91 Å². The van der Waals surface area contributed by atoms with Gasteiger partial charge in [0.1, 0.15) is 0 Å². The van der Waals surface area contributed by atoms with E-state index in [1.807, 2.05) is 0 Å². The average molecular weight is 239 g/mol. The summed E-state index contributed by atoms with van der Waals surface area (Å²) in [5.74, 6) is 0.950. The standard InChI is InChI=1S/C13H25N3O/c1-9-8-16(10(2)7-15-9)13(17)12-5-3-4-11(12)6-14/h9-12,15H,3-8,14H2,1-2H3/t9?,10?,11-,12-/m1/s1. The molecule has 0 spiro atoms. The highest BCUT2D eigenvalue weighted by Gasteiger charge is 2.37. The van der Waals surface area contributed by atoms with Crippen LogP contribution in [0.3, 0.4) is 0 Å². The van der Waals surface area contributed by atoms with E-state index in [2.05, 4.69) is 24.1 Å². The van der Waals surface area contributed by atoms with Crippen LogP contribution in [0.4, 0.5) is 0 Å². The van der Waals surface area contributed by atoms with Gasteiger partial charge in [-0.3, -0.25) is 4.79 Å². The van der Waals surface area contributed by atoms with Gasteiger partial charge in [0.25, 0.3) is 0 Å². The molecule has 1 aliphatic carbocycles. The van der Waals surface area contributed by atoms with Crippen LogP contribution in [0, 0.1) is 11.8 Å². The van der Waals surface area contributed by atoms with E-state index >= 15 is 0 Å². The smallest absolute Gasteiger partial charge is 0.226 e. The van der Waals surface area contributed by atoms with Crippen molar-refractivity contribution in [3.8, 4) is 0 Å². The van der Waals surface area contributed by atoms with Crippen LogP contribution < -0.4 is 11.1 Å². The first-order chi connectivity index (χ1) is 8.13. The fourth-order valence-corrected chi connectivity index (χ4v) is 3.19. The molecule has 98 valence electrons. The highest BCUT2D eigenvalue weighted by atomic mass is 16.2. The van der Waals surface area contributed by atoms with E-state index in [9.17, 15) is 4.79 Å². The number of nitrogens with two attached hydrogens (primary N) is 1. The zero-order valence-corrected chi connectivity index (χ0v) is 11.0. The van der Waals surface area contributed by atoms with E-state index in [-0.39, 0.29) is 5.92 Å². The monoisotopic (exact) mass is 239 g/mol. The van der Waals surface area contributed by atoms with Crippen LogP contribution in [0.2, 0.25) is 0 Å². The van der Waals surface area contributed by atoms with Crippen LogP contribution in [0.1, 0.15) is 33.1 Å². The third-order valence-corrected chi connectivity index (χ3v) is 4.33. The Morgan fingerprint density at radius 1 is 1.41 bits per heavy atom. The Hall–Kier alpha value is -0.610. The van der Waals surface area contributed by atoms with E-state index in [4.69, 9.17) is 5.73 Å². The maximum Gasteiger partial charge on any atom is 0.226 e. The molecule has 0 radical (unpaired) electrons. The lowest BCUT2D eigenvalue weighted by Gasteiger charge is -2.39. The van der Waals surface area contributed by atoms with Crippen molar-refractivity contribution in [3.05, 3.63) is 0 Å². The average Bonchev–Trinajstić information content (AvgIpc) is 2.79. The Labute approximate surface area is 104 Å². The van der Waals surface area contributed by atoms with Gasteiger partial charge in [0.2, 0.25) is 5.91 Å². The highest BCUT2D eigenvalue weighted by Crippen LogP contribution is 2.33. The van der Waals surface area contributed by atoms with Crippen molar-refractivity contribution in [2.45, 2.75) is 45.2 Å². The molecule has 2 rings (SSSR count). The SMILES string of the molecule is CC1CN(C(=O)[C@@H]2CCC[C@@H]2CN)C(C)CN1. The Morgan fingerprint density at radius 3 is 2.88 bits per heavy atom. The third-order valence-electron chi connectivity index (χ3n) is 4.33. The fourth-order valence-electron chi connectivity index (χ4n) is 3.19. The maximum absolute atomic E-state index is 12.6. The van der Waals surface area contributed by atoms with Crippen molar-refractivity contribution in [3.63, 3.8) is 0 Å². The first-order valence-electron chi connectivity index (χ1n) is 6.87. The minimum atomic E-state index is 0.188. The van der Waals surface area contributed by atoms with Crippen LogP contribution in [-0.2, 0) is 4.79 Å². The number of nitrogens with one attached hydrogen (secondary N) is 1. The van der Waals surface area contributed by atoms with Gasteiger partial charge in [-0.1, -0.05) is 6.42 Å². The largest absolute Gasteiger partial charge is 0.337 e. The lowest BCUT2D eigenvalue weighted by molar-refractivity contribution is -0.140. The number of hydrogen-bond acceptors (Lipinski definition) is 3. The Bertz CT molecular complexity index is 282. The predicted octanol–water partition coefficient (Wildman–Crippen LogP) is 0.570. The van der Waals surface area contributed by atoms with Gasteiger partial charge in [0.15, 0.2) is 0 Å². The van der Waals surface area contributed by atoms with Gasteiger partial charge in [0, 0.05) is 31.1 Å². The van der Waals surface area contributed by atoms with Crippen LogP contribution in [0.25, 0.3) is 0 Å². The Morgan fingerprint density at radius 2 is 2.18 bits per heavy atom. The van der Waals surface area contributed by atoms with Crippen molar-refractivity contribution in [1.82, 2.24) is 10.2 Å². The second-order valence-corrected chi connectivity index (χ2v) is 5.68. The van der Waals surface area contributed by atoms with E-state index in [1.165, 1.54) is 0 Å². The Kier molecular flexibility index (Phi) is 4.05. The minimum Gasteiger partial charge on any atom is -0.337 e. The summed E-state index contributed by atoms with van der Waals surface area (Å²) in [4.78, 5) is 14.6. The number of carbonyl (C=O) groups is 1. The molecule has 4 nitrogen and oxygen atoms in total. The van der Waals surface area contributed by atoms with Crippen molar-refractivity contribution in [2.75, 3.05) is 19.6 Å². The summed E-state index contributed by atoms with van der Waals surface area (Å²) < 4.78 is 0. The lowest BCUT2D eigenvalue weighted by Crippen LogP contribution is -2.57. The first-order valence-corrected chi connectivity index (χ1v) is 6.87. The molecule has 3 N–H and O–H groups in total. The molecule has 1 saturated heterocycles. The number of rotatable bonds is 2. The van der Waals surface area contributed by atoms with Crippen LogP contribution >= 0.6 is 0 Å². The Balaban J connectivity index is 2.02. The van der Waals surface area contributed by atoms with Crippen LogP contribution in [-0.4, -0.2) is 42.5 Å². The van der Waals surface area contributed by atoms with Gasteiger partial charge in [-0.2, -0.15) is 0 Å². The molecule has 1 aliphatic heterocycles. The molecule has 17 heavy (non-hydrogen) atoms. The highest BCUT2D eigenvalue weighted by molar-refractivity contribution is 5.80. The molecule has 2 fully saturated rings. The molecule has 4 atom stereocenters. The number of piperazine rings is 1. The molecule has 0 aromatic heterocycles. The summed E-state index contributed by atoms with van der Waals surface area (Å²) in [5.41, 5.74) is 5.77. The van der Waals surface area contributed by atoms with Crippen LogP contribution in [0.15, 0.2) is 0 Å². The van der Waals surface area contributed by atoms with Crippen LogP contribution in [0.5, 0.6) is 0 Å². The normalized spacial score (nSPS) is 38.4. The first kappa shape index (κ1) is 12.8. The summed E-state index contributed by atoms with van der Waals surface area (Å²) in [6.45, 7) is 6.68. The van der Waals surface area contributed by atoms with Gasteiger partial charge < -0.3 is 16.0 Å². The molecule has 0 bridgehead atoms. The van der Waals surface area contributed by atoms with E-state index in [0.29, 0.717) is 30.5 Å². The quantitative estimate of drug-likeness (QED) is 0.741. The molecule has 2 aliphatic rings. The molecule has 0 aromatic carbocycles. The summed E-state index contributed by atoms with van der Waals surface area (Å²) in [5, 5.41) is 3.41. The maximum atomic E-state index is 12.6. The van der Waals surface area contributed by atoms with E-state index in [0.717, 1.165) is 32.4 Å². The number of hydrogen-bond donors (Lipinski definition) is 2. The third kappa shape index (κ3) is 2.63. The summed E-state index contributed by atoms with van der Waals surface area (Å²) in [6.07, 6.45) is 3.32. The second kappa shape index (κ2) is 5.36. The van der Waals surface area contributed by atoms with Gasteiger partial charge in [-0.15, -0.1) is 0 Å². The van der Waals surface area contributed by atoms with Crippen molar-refractivity contribution in [2.24, 2.45) is 17.6 Å². The van der Waals surface area contributed by atoms with E-state index in [1.54, 1.807) is 0 Å².